The Morgan fingerprint density at radius 3 is 2.83 bits per heavy atom. The Morgan fingerprint density at radius 2 is 2.07 bits per heavy atom. The topological polar surface area (TPSA) is 77.2 Å². The molecule has 1 N–H and O–H groups in total. The van der Waals surface area contributed by atoms with E-state index >= 15 is 0 Å². The number of fused-ring (bicyclic) bond motifs is 2. The van der Waals surface area contributed by atoms with Crippen LogP contribution in [-0.4, -0.2) is 73.0 Å². The van der Waals surface area contributed by atoms with Gasteiger partial charge in [-0.05, 0) is 25.5 Å². The molecule has 1 saturated heterocycles. The molecule has 0 saturated carbocycles. The number of hydrogen-bond donors (Lipinski definition) is 1. The molecule has 8 nitrogen and oxygen atoms in total. The van der Waals surface area contributed by atoms with Crippen molar-refractivity contribution in [3.05, 3.63) is 47.0 Å². The molecule has 0 unspecified atom stereocenters. The number of nitrogens with one attached hydrogen (secondary N) is 1. The molecule has 0 radical (unpaired) electrons. The third-order valence-corrected chi connectivity index (χ3v) is 5.21. The van der Waals surface area contributed by atoms with Crippen LogP contribution in [0.4, 0.5) is 5.69 Å². The molecule has 1 fully saturated rings. The number of pyridine rings is 1. The maximum absolute atomic E-state index is 12.7. The minimum atomic E-state index is -0.174. The highest BCUT2D eigenvalue weighted by atomic mass is 16.5. The van der Waals surface area contributed by atoms with Crippen molar-refractivity contribution < 1.29 is 18.8 Å². The molecule has 158 valence electrons. The van der Waals surface area contributed by atoms with E-state index in [0.29, 0.717) is 48.5 Å². The number of ether oxygens (including phenoxy) is 2. The summed E-state index contributed by atoms with van der Waals surface area (Å²) in [5.74, 6) is 0.885. The Balaban J connectivity index is 1.76. The first-order valence-electron chi connectivity index (χ1n) is 10.1. The number of allylic oxidation sites excluding steroid dienone is 2. The van der Waals surface area contributed by atoms with Gasteiger partial charge < -0.3 is 19.3 Å². The quantitative estimate of drug-likeness (QED) is 0.603. The summed E-state index contributed by atoms with van der Waals surface area (Å²) >= 11 is 0. The van der Waals surface area contributed by atoms with E-state index in [-0.39, 0.29) is 5.78 Å². The average molecular weight is 410 g/mol. The fourth-order valence-electron chi connectivity index (χ4n) is 3.28. The second-order valence-corrected chi connectivity index (χ2v) is 8.62. The van der Waals surface area contributed by atoms with Crippen LogP contribution in [-0.2, 0) is 9.53 Å². The Morgan fingerprint density at radius 1 is 1.27 bits per heavy atom. The Hall–Kier alpha value is -3.13. The fourth-order valence-corrected chi connectivity index (χ4v) is 3.28. The first kappa shape index (κ1) is 20.2. The molecule has 0 aromatic carbocycles. The lowest BCUT2D eigenvalue weighted by atomic mass is 10.1. The number of morpholine rings is 1. The molecule has 3 heterocycles. The number of aromatic nitrogens is 2. The lowest BCUT2D eigenvalue weighted by molar-refractivity contribution is -0.870. The minimum Gasteiger partial charge on any atom is -0.490 e. The highest BCUT2D eigenvalue weighted by Crippen LogP contribution is 2.34. The van der Waals surface area contributed by atoms with Crippen molar-refractivity contribution in [3.63, 3.8) is 0 Å². The van der Waals surface area contributed by atoms with Gasteiger partial charge in [0.15, 0.2) is 5.69 Å². The van der Waals surface area contributed by atoms with E-state index in [2.05, 4.69) is 36.6 Å². The minimum absolute atomic E-state index is 0.174. The van der Waals surface area contributed by atoms with Gasteiger partial charge in [0, 0.05) is 24.4 Å². The summed E-state index contributed by atoms with van der Waals surface area (Å²) in [4.78, 5) is 17.4. The summed E-state index contributed by atoms with van der Waals surface area (Å²) in [5, 5.41) is 7.83. The molecule has 2 aliphatic rings. The maximum Gasteiger partial charge on any atom is 0.260 e. The van der Waals surface area contributed by atoms with Gasteiger partial charge in [-0.3, -0.25) is 4.79 Å². The van der Waals surface area contributed by atoms with Crippen molar-refractivity contribution in [1.29, 1.82) is 0 Å². The number of ketones is 1. The van der Waals surface area contributed by atoms with E-state index in [1.165, 1.54) is 6.08 Å². The zero-order chi connectivity index (χ0) is 21.5. The van der Waals surface area contributed by atoms with E-state index in [4.69, 9.17) is 9.47 Å². The molecular weight excluding hydrogens is 382 g/mol. The molecule has 0 atom stereocenters. The van der Waals surface area contributed by atoms with Crippen molar-refractivity contribution in [1.82, 2.24) is 14.9 Å². The lowest BCUT2D eigenvalue weighted by Gasteiger charge is -2.23. The molecule has 0 amide bonds. The van der Waals surface area contributed by atoms with Crippen molar-refractivity contribution in [2.45, 2.75) is 13.8 Å². The van der Waals surface area contributed by atoms with E-state index in [9.17, 15) is 4.79 Å². The van der Waals surface area contributed by atoms with Gasteiger partial charge in [0.1, 0.15) is 31.2 Å². The number of carbonyl (C=O) groups is 1. The zero-order valence-electron chi connectivity index (χ0n) is 18.2. The van der Waals surface area contributed by atoms with E-state index in [1.54, 1.807) is 6.08 Å². The lowest BCUT2D eigenvalue weighted by Crippen LogP contribution is -2.38. The third-order valence-electron chi connectivity index (χ3n) is 5.21. The van der Waals surface area contributed by atoms with Crippen LogP contribution in [0.5, 0.6) is 5.88 Å². The van der Waals surface area contributed by atoms with Gasteiger partial charge in [-0.25, -0.2) is 9.51 Å². The van der Waals surface area contributed by atoms with Gasteiger partial charge >= 0.3 is 0 Å². The first-order chi connectivity index (χ1) is 14.2. The second kappa shape index (κ2) is 7.60. The van der Waals surface area contributed by atoms with Gasteiger partial charge in [-0.15, -0.1) is 5.10 Å². The van der Waals surface area contributed by atoms with Crippen LogP contribution in [0, 0.1) is 13.8 Å². The molecule has 30 heavy (non-hydrogen) atoms. The SMILES string of the molecule is Cc1ccc2c(N=C3C=C4OCCNC4=CC3=O)c(OCC[N+](C)(C)C)nn2c1C. The number of aryl methyl sites for hydroxylation is 2. The van der Waals surface area contributed by atoms with Crippen molar-refractivity contribution in [3.8, 4) is 5.88 Å². The summed E-state index contributed by atoms with van der Waals surface area (Å²) in [7, 11) is 6.32. The molecule has 8 heteroatoms. The maximum atomic E-state index is 12.7. The molecule has 4 rings (SSSR count). The molecule has 0 bridgehead atoms. The van der Waals surface area contributed by atoms with Gasteiger partial charge in [0.2, 0.25) is 5.78 Å². The zero-order valence-corrected chi connectivity index (χ0v) is 18.2. The molecule has 1 aliphatic carbocycles. The highest BCUT2D eigenvalue weighted by molar-refractivity contribution is 6.49. The molecule has 1 aliphatic heterocycles. The monoisotopic (exact) mass is 410 g/mol. The first-order valence-corrected chi connectivity index (χ1v) is 10.1. The summed E-state index contributed by atoms with van der Waals surface area (Å²) < 4.78 is 14.3. The van der Waals surface area contributed by atoms with Gasteiger partial charge in [0.25, 0.3) is 5.88 Å². The van der Waals surface area contributed by atoms with Crippen LogP contribution in [0.3, 0.4) is 0 Å². The van der Waals surface area contributed by atoms with Crippen LogP contribution < -0.4 is 10.1 Å². The Kier molecular flexibility index (Phi) is 5.11. The van der Waals surface area contributed by atoms with Crippen molar-refractivity contribution in [2.75, 3.05) is 47.4 Å². The average Bonchev–Trinajstić information content (AvgIpc) is 3.02. The smallest absolute Gasteiger partial charge is 0.260 e. The largest absolute Gasteiger partial charge is 0.490 e. The summed E-state index contributed by atoms with van der Waals surface area (Å²) in [6, 6.07) is 3.99. The van der Waals surface area contributed by atoms with E-state index in [1.807, 2.05) is 30.5 Å². The van der Waals surface area contributed by atoms with Gasteiger partial charge in [-0.2, -0.15) is 0 Å². The number of aliphatic imine (C=N–C) groups is 1. The number of hydrogen-bond acceptors (Lipinski definition) is 6. The Bertz CT molecular complexity index is 1100. The van der Waals surface area contributed by atoms with Crippen LogP contribution in [0.15, 0.2) is 40.7 Å². The number of nitrogens with zero attached hydrogens (tertiary/aromatic N) is 4. The predicted molar refractivity (Wildman–Crippen MR) is 115 cm³/mol. The van der Waals surface area contributed by atoms with Crippen LogP contribution in [0.25, 0.3) is 5.52 Å². The Labute approximate surface area is 176 Å². The van der Waals surface area contributed by atoms with Crippen molar-refractivity contribution in [2.24, 2.45) is 4.99 Å². The second-order valence-electron chi connectivity index (χ2n) is 8.62. The number of likely N-dealkylation sites (N-methyl/N-ethyl adjacent to an activating group) is 1. The molecule has 0 spiro atoms. The van der Waals surface area contributed by atoms with Crippen LogP contribution in [0.2, 0.25) is 0 Å². The number of quaternary nitrogens is 1. The van der Waals surface area contributed by atoms with E-state index < -0.39 is 0 Å². The highest BCUT2D eigenvalue weighted by Gasteiger charge is 2.24. The number of carbonyl (C=O) groups excluding carboxylic acids is 1. The van der Waals surface area contributed by atoms with Crippen molar-refractivity contribution >= 4 is 22.7 Å². The van der Waals surface area contributed by atoms with E-state index in [0.717, 1.165) is 27.8 Å². The third kappa shape index (κ3) is 3.95. The van der Waals surface area contributed by atoms with Crippen LogP contribution in [0.1, 0.15) is 11.3 Å². The molecule has 2 aromatic rings. The summed E-state index contributed by atoms with van der Waals surface area (Å²) in [6.07, 6.45) is 3.22. The standard InChI is InChI=1S/C22H27N5O3/c1-14-6-7-18-21(22(25-26(18)15(14)2)30-11-9-27(3,4)5)24-16-13-20-17(12-19(16)28)23-8-10-29-20/h6-7,12-13H,8-11H2,1-5H3/p+1. The molecular formula is C22H28N5O3+. The fraction of sp³-hybridized carbons (Fsp3) is 0.409. The normalized spacial score (nSPS) is 17.9. The predicted octanol–water partition coefficient (Wildman–Crippen LogP) is 2.08. The van der Waals surface area contributed by atoms with Gasteiger partial charge in [0.05, 0.1) is 32.4 Å². The van der Waals surface area contributed by atoms with Gasteiger partial charge in [-0.1, -0.05) is 6.07 Å². The summed E-state index contributed by atoms with van der Waals surface area (Å²) in [5.41, 5.74) is 4.49. The molecule has 2 aromatic heterocycles. The van der Waals surface area contributed by atoms with Crippen LogP contribution >= 0.6 is 0 Å². The number of rotatable bonds is 5. The summed E-state index contributed by atoms with van der Waals surface area (Å²) in [6.45, 7) is 6.59.